The molecule has 0 N–H and O–H groups in total. The van der Waals surface area contributed by atoms with Crippen LogP contribution in [0.5, 0.6) is 0 Å². The number of furan rings is 1. The van der Waals surface area contributed by atoms with Crippen molar-refractivity contribution in [3.8, 4) is 11.3 Å². The van der Waals surface area contributed by atoms with Crippen molar-refractivity contribution in [2.45, 2.75) is 13.8 Å². The van der Waals surface area contributed by atoms with Gasteiger partial charge in [-0.05, 0) is 36.8 Å². The zero-order valence-electron chi connectivity index (χ0n) is 13.9. The number of hydrogen-bond donors (Lipinski definition) is 0. The van der Waals surface area contributed by atoms with Crippen molar-refractivity contribution in [2.75, 3.05) is 0 Å². The second-order valence-electron chi connectivity index (χ2n) is 6.17. The van der Waals surface area contributed by atoms with E-state index in [0.717, 1.165) is 21.9 Å². The molecule has 4 aromatic rings. The van der Waals surface area contributed by atoms with Crippen molar-refractivity contribution < 1.29 is 8.98 Å². The first-order valence-corrected chi connectivity index (χ1v) is 7.89. The summed E-state index contributed by atoms with van der Waals surface area (Å²) in [5, 5.41) is 2.14. The van der Waals surface area contributed by atoms with E-state index in [2.05, 4.69) is 60.6 Å². The molecule has 4 rings (SSSR count). The van der Waals surface area contributed by atoms with Gasteiger partial charge in [-0.1, -0.05) is 12.1 Å². The fourth-order valence-electron chi connectivity index (χ4n) is 3.22. The van der Waals surface area contributed by atoms with Crippen LogP contribution in [-0.2, 0) is 7.05 Å². The van der Waals surface area contributed by atoms with Crippen LogP contribution in [0.4, 0.5) is 5.69 Å². The van der Waals surface area contributed by atoms with E-state index in [4.69, 9.17) is 11.0 Å². The minimum atomic E-state index is 0.601. The zero-order valence-corrected chi connectivity index (χ0v) is 13.9. The van der Waals surface area contributed by atoms with Gasteiger partial charge in [-0.2, -0.15) is 4.57 Å². The summed E-state index contributed by atoms with van der Waals surface area (Å²) in [4.78, 5) is 3.48. The normalized spacial score (nSPS) is 11.1. The molecule has 0 saturated carbocycles. The van der Waals surface area contributed by atoms with Gasteiger partial charge < -0.3 is 4.42 Å². The maximum atomic E-state index is 7.16. The van der Waals surface area contributed by atoms with Gasteiger partial charge in [-0.25, -0.2) is 4.85 Å². The van der Waals surface area contributed by atoms with Gasteiger partial charge in [0.1, 0.15) is 18.2 Å². The monoisotopic (exact) mass is 313 g/mol. The number of aryl methyl sites for hydroxylation is 2. The molecule has 0 radical (unpaired) electrons. The van der Waals surface area contributed by atoms with Crippen LogP contribution in [0.25, 0.3) is 38.0 Å². The number of fused-ring (bicyclic) bond motifs is 3. The Morgan fingerprint density at radius 2 is 1.75 bits per heavy atom. The Morgan fingerprint density at radius 3 is 2.54 bits per heavy atom. The van der Waals surface area contributed by atoms with Crippen molar-refractivity contribution in [1.82, 2.24) is 0 Å². The summed E-state index contributed by atoms with van der Waals surface area (Å²) in [7, 11) is 2.09. The molecule has 0 saturated heterocycles. The molecule has 3 nitrogen and oxygen atoms in total. The van der Waals surface area contributed by atoms with Gasteiger partial charge in [-0.3, -0.25) is 0 Å². The van der Waals surface area contributed by atoms with Gasteiger partial charge in [0.2, 0.25) is 5.69 Å². The van der Waals surface area contributed by atoms with Crippen LogP contribution < -0.4 is 4.57 Å². The number of nitrogens with zero attached hydrogens (tertiary/aromatic N) is 2. The predicted octanol–water partition coefficient (Wildman–Crippen LogP) is 5.25. The Morgan fingerprint density at radius 1 is 0.958 bits per heavy atom. The van der Waals surface area contributed by atoms with Gasteiger partial charge >= 0.3 is 0 Å². The lowest BCUT2D eigenvalue weighted by atomic mass is 10.0. The molecule has 0 aliphatic rings. The van der Waals surface area contributed by atoms with Crippen molar-refractivity contribution in [1.29, 1.82) is 0 Å². The first-order chi connectivity index (χ1) is 11.6. The van der Waals surface area contributed by atoms with Crippen molar-refractivity contribution in [3.05, 3.63) is 71.2 Å². The average Bonchev–Trinajstić information content (AvgIpc) is 2.93. The minimum absolute atomic E-state index is 0.601. The Balaban J connectivity index is 2.04. The smallest absolute Gasteiger partial charge is 0.212 e. The van der Waals surface area contributed by atoms with E-state index >= 15 is 0 Å². The molecule has 116 valence electrons. The van der Waals surface area contributed by atoms with Crippen LogP contribution in [0.2, 0.25) is 0 Å². The van der Waals surface area contributed by atoms with Crippen molar-refractivity contribution in [2.24, 2.45) is 7.05 Å². The fraction of sp³-hybridized carbons (Fsp3) is 0.143. The zero-order chi connectivity index (χ0) is 16.8. The van der Waals surface area contributed by atoms with Crippen LogP contribution in [0, 0.1) is 20.4 Å². The molecule has 0 amide bonds. The highest BCUT2D eigenvalue weighted by Gasteiger charge is 2.17. The van der Waals surface area contributed by atoms with Crippen LogP contribution in [0.3, 0.4) is 0 Å². The molecule has 0 bridgehead atoms. The summed E-state index contributed by atoms with van der Waals surface area (Å²) in [5.41, 5.74) is 7.00. The highest BCUT2D eigenvalue weighted by atomic mass is 16.3. The molecule has 0 atom stereocenters. The Hall–Kier alpha value is -3.12. The molecular formula is C21H17N2O+. The second-order valence-corrected chi connectivity index (χ2v) is 6.17. The quantitative estimate of drug-likeness (QED) is 0.347. The van der Waals surface area contributed by atoms with Crippen molar-refractivity contribution in [3.63, 3.8) is 0 Å². The number of aromatic nitrogens is 1. The third-order valence-electron chi connectivity index (χ3n) is 4.69. The van der Waals surface area contributed by atoms with Crippen molar-refractivity contribution >= 4 is 27.6 Å². The van der Waals surface area contributed by atoms with Gasteiger partial charge in [0.05, 0.1) is 6.57 Å². The van der Waals surface area contributed by atoms with E-state index in [1.54, 1.807) is 0 Å². The molecule has 0 fully saturated rings. The number of rotatable bonds is 1. The van der Waals surface area contributed by atoms with Crippen LogP contribution in [0.1, 0.15) is 11.3 Å². The average molecular weight is 313 g/mol. The highest BCUT2D eigenvalue weighted by molar-refractivity contribution is 6.07. The molecule has 2 aromatic heterocycles. The van der Waals surface area contributed by atoms with E-state index in [1.807, 2.05) is 18.2 Å². The lowest BCUT2D eigenvalue weighted by molar-refractivity contribution is -0.666. The Kier molecular flexibility index (Phi) is 3.14. The first kappa shape index (κ1) is 14.5. The van der Waals surface area contributed by atoms with Crippen LogP contribution in [-0.4, -0.2) is 0 Å². The standard InChI is InChI=1S/C21H17N2O/c1-13-10-20-18(16-9-8-15(22-3)11-21(16)24-20)12-17(13)19-7-5-6-14(2)23(19)4/h5-12H,1-2,4H3/q+1. The summed E-state index contributed by atoms with van der Waals surface area (Å²) < 4.78 is 8.17. The third-order valence-corrected chi connectivity index (χ3v) is 4.69. The number of pyridine rings is 1. The Bertz CT molecular complexity index is 1150. The van der Waals surface area contributed by atoms with Gasteiger partial charge in [0.15, 0.2) is 11.4 Å². The van der Waals surface area contributed by atoms with Crippen LogP contribution >= 0.6 is 0 Å². The molecule has 0 aliphatic carbocycles. The molecule has 2 heterocycles. The lowest BCUT2D eigenvalue weighted by Gasteiger charge is -2.06. The summed E-state index contributed by atoms with van der Waals surface area (Å²) in [5.74, 6) is 0. The number of hydrogen-bond acceptors (Lipinski definition) is 1. The lowest BCUT2D eigenvalue weighted by Crippen LogP contribution is -2.34. The minimum Gasteiger partial charge on any atom is -0.457 e. The third kappa shape index (κ3) is 2.08. The summed E-state index contributed by atoms with van der Waals surface area (Å²) >= 11 is 0. The molecule has 0 aliphatic heterocycles. The van der Waals surface area contributed by atoms with E-state index < -0.39 is 0 Å². The first-order valence-electron chi connectivity index (χ1n) is 7.89. The molecular weight excluding hydrogens is 296 g/mol. The predicted molar refractivity (Wildman–Crippen MR) is 96.1 cm³/mol. The maximum Gasteiger partial charge on any atom is 0.212 e. The SMILES string of the molecule is [C-]#[N+]c1ccc2c(c1)oc1cc(C)c(-c3cccc(C)[n+]3C)cc12. The van der Waals surface area contributed by atoms with E-state index in [0.29, 0.717) is 5.69 Å². The van der Waals surface area contributed by atoms with E-state index in [1.165, 1.54) is 22.5 Å². The summed E-state index contributed by atoms with van der Waals surface area (Å²) in [6, 6.07) is 16.2. The summed E-state index contributed by atoms with van der Waals surface area (Å²) in [6.45, 7) is 11.4. The number of benzene rings is 2. The van der Waals surface area contributed by atoms with Gasteiger partial charge in [-0.15, -0.1) is 0 Å². The maximum absolute atomic E-state index is 7.16. The van der Waals surface area contributed by atoms with E-state index in [-0.39, 0.29) is 0 Å². The van der Waals surface area contributed by atoms with Gasteiger partial charge in [0.25, 0.3) is 0 Å². The molecule has 0 unspecified atom stereocenters. The molecule has 0 spiro atoms. The largest absolute Gasteiger partial charge is 0.457 e. The highest BCUT2D eigenvalue weighted by Crippen LogP contribution is 2.35. The van der Waals surface area contributed by atoms with Gasteiger partial charge in [0, 0.05) is 35.4 Å². The Labute approximate surface area is 140 Å². The fourth-order valence-corrected chi connectivity index (χ4v) is 3.22. The summed E-state index contributed by atoms with van der Waals surface area (Å²) in [6.07, 6.45) is 0. The topological polar surface area (TPSA) is 21.4 Å². The molecule has 2 aromatic carbocycles. The molecule has 3 heteroatoms. The van der Waals surface area contributed by atoms with E-state index in [9.17, 15) is 0 Å². The van der Waals surface area contributed by atoms with Crippen LogP contribution in [0.15, 0.2) is 52.9 Å². The molecule has 24 heavy (non-hydrogen) atoms. The second kappa shape index (κ2) is 5.21.